The van der Waals surface area contributed by atoms with Crippen molar-refractivity contribution in [2.75, 3.05) is 5.43 Å². The van der Waals surface area contributed by atoms with Crippen molar-refractivity contribution in [3.8, 4) is 0 Å². The van der Waals surface area contributed by atoms with Crippen molar-refractivity contribution in [1.29, 1.82) is 0 Å². The fraction of sp³-hybridized carbons (Fsp3) is 0.667. The number of fused-ring (bicyclic) bond motifs is 1. The monoisotopic (exact) mass is 296 g/mol. The Morgan fingerprint density at radius 2 is 2.10 bits per heavy atom. The van der Waals surface area contributed by atoms with Gasteiger partial charge in [0.1, 0.15) is 5.25 Å². The van der Waals surface area contributed by atoms with E-state index in [-0.39, 0.29) is 12.3 Å². The number of amides is 1. The third-order valence-corrected chi connectivity index (χ3v) is 4.89. The third kappa shape index (κ3) is 2.52. The lowest BCUT2D eigenvalue weighted by atomic mass is 9.89. The first-order chi connectivity index (χ1) is 9.65. The molecular weight excluding hydrogens is 280 g/mol. The van der Waals surface area contributed by atoms with Crippen LogP contribution in [0.4, 0.5) is 0 Å². The molecule has 1 atom stereocenters. The smallest absolute Gasteiger partial charge is 0.305 e. The largest absolute Gasteiger partial charge is 0.481 e. The molecule has 7 nitrogen and oxygen atoms in total. The van der Waals surface area contributed by atoms with Gasteiger partial charge in [0.2, 0.25) is 5.16 Å². The predicted octanol–water partition coefficient (Wildman–Crippen LogP) is 1.34. The Balaban J connectivity index is 1.81. The molecule has 2 heterocycles. The fourth-order valence-corrected chi connectivity index (χ4v) is 3.72. The van der Waals surface area contributed by atoms with E-state index in [1.165, 1.54) is 31.0 Å². The fourth-order valence-electron chi connectivity index (χ4n) is 2.74. The highest BCUT2D eigenvalue weighted by atomic mass is 32.2. The Bertz CT molecular complexity index is 539. The first-order valence-corrected chi connectivity index (χ1v) is 7.68. The number of hydrogen-bond acceptors (Lipinski definition) is 5. The minimum Gasteiger partial charge on any atom is -0.481 e. The van der Waals surface area contributed by atoms with Crippen LogP contribution in [0.15, 0.2) is 5.16 Å². The second-order valence-electron chi connectivity index (χ2n) is 5.19. The molecule has 108 valence electrons. The molecule has 1 aromatic heterocycles. The lowest BCUT2D eigenvalue weighted by molar-refractivity contribution is -0.138. The number of carboxylic acids is 1. The highest BCUT2D eigenvalue weighted by molar-refractivity contribution is 8.00. The molecule has 1 fully saturated rings. The Morgan fingerprint density at radius 3 is 2.80 bits per heavy atom. The number of thioether (sulfide) groups is 1. The summed E-state index contributed by atoms with van der Waals surface area (Å²) in [6.07, 6.45) is 5.53. The molecule has 0 saturated heterocycles. The summed E-state index contributed by atoms with van der Waals surface area (Å²) in [5.41, 5.74) is 2.73. The van der Waals surface area contributed by atoms with Gasteiger partial charge in [-0.05, 0) is 12.8 Å². The average molecular weight is 296 g/mol. The maximum absolute atomic E-state index is 12.0. The van der Waals surface area contributed by atoms with E-state index < -0.39 is 11.2 Å². The molecule has 1 saturated carbocycles. The lowest BCUT2D eigenvalue weighted by Gasteiger charge is -2.25. The van der Waals surface area contributed by atoms with Crippen LogP contribution >= 0.6 is 11.8 Å². The van der Waals surface area contributed by atoms with E-state index in [0.29, 0.717) is 11.1 Å². The molecule has 1 aliphatic heterocycles. The van der Waals surface area contributed by atoms with E-state index >= 15 is 0 Å². The van der Waals surface area contributed by atoms with Gasteiger partial charge in [-0.1, -0.05) is 31.0 Å². The molecule has 1 aromatic rings. The maximum atomic E-state index is 12.0. The average Bonchev–Trinajstić information content (AvgIpc) is 2.82. The molecule has 2 N–H and O–H groups in total. The van der Waals surface area contributed by atoms with Gasteiger partial charge in [0, 0.05) is 5.92 Å². The first kappa shape index (κ1) is 13.4. The normalized spacial score (nSPS) is 23.2. The highest BCUT2D eigenvalue weighted by Gasteiger charge is 2.33. The maximum Gasteiger partial charge on any atom is 0.305 e. The highest BCUT2D eigenvalue weighted by Crippen LogP contribution is 2.35. The molecule has 0 radical (unpaired) electrons. The van der Waals surface area contributed by atoms with Crippen LogP contribution in [0.3, 0.4) is 0 Å². The Hall–Kier alpha value is -1.57. The van der Waals surface area contributed by atoms with Gasteiger partial charge >= 0.3 is 5.97 Å². The summed E-state index contributed by atoms with van der Waals surface area (Å²) < 4.78 is 1.64. The lowest BCUT2D eigenvalue weighted by Crippen LogP contribution is -2.38. The molecule has 1 amide bonds. The SMILES string of the molecule is O=C(O)CC1Sc2nnc(C3CCCCC3)n2NC1=O. The number of aliphatic carboxylic acids is 1. The van der Waals surface area contributed by atoms with E-state index in [2.05, 4.69) is 15.6 Å². The predicted molar refractivity (Wildman–Crippen MR) is 72.1 cm³/mol. The zero-order valence-electron chi connectivity index (χ0n) is 10.9. The van der Waals surface area contributed by atoms with Crippen LogP contribution in [0.25, 0.3) is 0 Å². The molecule has 3 rings (SSSR count). The number of hydrogen-bond donors (Lipinski definition) is 2. The molecule has 8 heteroatoms. The van der Waals surface area contributed by atoms with Crippen molar-refractivity contribution in [3.05, 3.63) is 5.82 Å². The van der Waals surface area contributed by atoms with Crippen molar-refractivity contribution in [2.24, 2.45) is 0 Å². The van der Waals surface area contributed by atoms with Gasteiger partial charge in [-0.25, -0.2) is 4.68 Å². The third-order valence-electron chi connectivity index (χ3n) is 3.75. The molecule has 1 aliphatic carbocycles. The van der Waals surface area contributed by atoms with Gasteiger partial charge in [-0.3, -0.25) is 15.0 Å². The number of aromatic nitrogens is 3. The standard InChI is InChI=1S/C12H16N4O3S/c17-9(18)6-8-11(19)15-16-10(13-14-12(16)20-8)7-4-2-1-3-5-7/h7-8H,1-6H2,(H,15,19)(H,17,18). The summed E-state index contributed by atoms with van der Waals surface area (Å²) in [7, 11) is 0. The molecule has 0 bridgehead atoms. The van der Waals surface area contributed by atoms with Crippen molar-refractivity contribution in [2.45, 2.75) is 54.8 Å². The summed E-state index contributed by atoms with van der Waals surface area (Å²) >= 11 is 1.17. The second-order valence-corrected chi connectivity index (χ2v) is 6.36. The number of nitrogens with one attached hydrogen (secondary N) is 1. The van der Waals surface area contributed by atoms with E-state index in [9.17, 15) is 9.59 Å². The van der Waals surface area contributed by atoms with E-state index in [1.54, 1.807) is 4.68 Å². The topological polar surface area (TPSA) is 97.1 Å². The van der Waals surface area contributed by atoms with Crippen LogP contribution in [0.2, 0.25) is 0 Å². The Labute approximate surface area is 120 Å². The van der Waals surface area contributed by atoms with Crippen molar-refractivity contribution in [1.82, 2.24) is 14.9 Å². The minimum atomic E-state index is -0.988. The summed E-state index contributed by atoms with van der Waals surface area (Å²) in [5.74, 6) is -0.142. The van der Waals surface area contributed by atoms with E-state index in [0.717, 1.165) is 18.7 Å². The number of nitrogens with zero attached hydrogens (tertiary/aromatic N) is 3. The van der Waals surface area contributed by atoms with Crippen LogP contribution < -0.4 is 5.43 Å². The van der Waals surface area contributed by atoms with Crippen molar-refractivity contribution in [3.63, 3.8) is 0 Å². The zero-order valence-corrected chi connectivity index (χ0v) is 11.7. The molecule has 1 unspecified atom stereocenters. The summed E-state index contributed by atoms with van der Waals surface area (Å²) in [5, 5.41) is 17.0. The van der Waals surface area contributed by atoms with Crippen LogP contribution in [-0.2, 0) is 9.59 Å². The van der Waals surface area contributed by atoms with Crippen LogP contribution in [0, 0.1) is 0 Å². The first-order valence-electron chi connectivity index (χ1n) is 6.80. The van der Waals surface area contributed by atoms with Gasteiger partial charge in [0.15, 0.2) is 5.82 Å². The van der Waals surface area contributed by atoms with Gasteiger partial charge < -0.3 is 5.11 Å². The Kier molecular flexibility index (Phi) is 3.64. The zero-order chi connectivity index (χ0) is 14.1. The number of carbonyl (C=O) groups is 2. The minimum absolute atomic E-state index is 0.206. The van der Waals surface area contributed by atoms with Crippen LogP contribution in [0.5, 0.6) is 0 Å². The molecule has 20 heavy (non-hydrogen) atoms. The molecule has 0 aromatic carbocycles. The summed E-state index contributed by atoms with van der Waals surface area (Å²) in [6, 6.07) is 0. The number of rotatable bonds is 3. The van der Waals surface area contributed by atoms with Gasteiger partial charge in [-0.15, -0.1) is 10.2 Å². The quantitative estimate of drug-likeness (QED) is 0.873. The van der Waals surface area contributed by atoms with Crippen molar-refractivity contribution < 1.29 is 14.7 Å². The Morgan fingerprint density at radius 1 is 1.35 bits per heavy atom. The van der Waals surface area contributed by atoms with Crippen LogP contribution in [0.1, 0.15) is 50.3 Å². The summed E-state index contributed by atoms with van der Waals surface area (Å²) in [4.78, 5) is 22.7. The van der Waals surface area contributed by atoms with Crippen LogP contribution in [-0.4, -0.2) is 37.1 Å². The van der Waals surface area contributed by atoms with Crippen molar-refractivity contribution >= 4 is 23.6 Å². The van der Waals surface area contributed by atoms with Gasteiger partial charge in [-0.2, -0.15) is 0 Å². The van der Waals surface area contributed by atoms with Gasteiger partial charge in [0.05, 0.1) is 6.42 Å². The second kappa shape index (κ2) is 5.43. The van der Waals surface area contributed by atoms with E-state index in [4.69, 9.17) is 5.11 Å². The molecule has 2 aliphatic rings. The number of carboxylic acid groups (broad SMARTS) is 1. The summed E-state index contributed by atoms with van der Waals surface area (Å²) in [6.45, 7) is 0. The molecule has 0 spiro atoms. The van der Waals surface area contributed by atoms with Gasteiger partial charge in [0.25, 0.3) is 5.91 Å². The van der Waals surface area contributed by atoms with E-state index in [1.807, 2.05) is 0 Å². The molecular formula is C12H16N4O3S. The number of carbonyl (C=O) groups excluding carboxylic acids is 1.